The van der Waals surface area contributed by atoms with Crippen LogP contribution in [0.5, 0.6) is 0 Å². The molecule has 1 aliphatic carbocycles. The molecule has 0 aliphatic heterocycles. The summed E-state index contributed by atoms with van der Waals surface area (Å²) in [6, 6.07) is 5.23. The molecule has 3 rings (SSSR count). The molecule has 2 N–H and O–H groups in total. The molecular weight excluding hydrogens is 203 g/mol. The highest BCUT2D eigenvalue weighted by Gasteiger charge is 2.45. The third-order valence-electron chi connectivity index (χ3n) is 3.78. The molecule has 1 fully saturated rings. The van der Waals surface area contributed by atoms with Crippen LogP contribution in [0.4, 0.5) is 4.39 Å². The van der Waals surface area contributed by atoms with E-state index in [2.05, 4.69) is 0 Å². The van der Waals surface area contributed by atoms with Gasteiger partial charge in [-0.3, -0.25) is 0 Å². The van der Waals surface area contributed by atoms with Crippen molar-refractivity contribution in [1.29, 1.82) is 0 Å². The Hall–Kier alpha value is -1.35. The van der Waals surface area contributed by atoms with E-state index < -0.39 is 0 Å². The van der Waals surface area contributed by atoms with Crippen LogP contribution in [0.1, 0.15) is 18.4 Å². The number of rotatable bonds is 2. The fraction of sp³-hybridized carbons (Fsp3) is 0.385. The summed E-state index contributed by atoms with van der Waals surface area (Å²) in [5, 5.41) is 0.757. The summed E-state index contributed by atoms with van der Waals surface area (Å²) in [7, 11) is 1.96. The maximum absolute atomic E-state index is 13.9. The van der Waals surface area contributed by atoms with Gasteiger partial charge >= 0.3 is 0 Å². The molecule has 2 aromatic rings. The number of hydrogen-bond acceptors (Lipinski definition) is 1. The van der Waals surface area contributed by atoms with Gasteiger partial charge in [-0.25, -0.2) is 4.39 Å². The van der Waals surface area contributed by atoms with Gasteiger partial charge in [0.2, 0.25) is 0 Å². The van der Waals surface area contributed by atoms with Gasteiger partial charge < -0.3 is 10.3 Å². The molecule has 84 valence electrons. The van der Waals surface area contributed by atoms with Crippen molar-refractivity contribution in [2.75, 3.05) is 6.54 Å². The molecule has 0 spiro atoms. The number of nitrogens with zero attached hydrogens (tertiary/aromatic N) is 1. The Morgan fingerprint density at radius 2 is 2.19 bits per heavy atom. The van der Waals surface area contributed by atoms with Crippen LogP contribution in [0.2, 0.25) is 0 Å². The van der Waals surface area contributed by atoms with Crippen LogP contribution >= 0.6 is 0 Å². The summed E-state index contributed by atoms with van der Waals surface area (Å²) in [6.07, 6.45) is 4.20. The maximum atomic E-state index is 13.9. The molecule has 1 aromatic heterocycles. The van der Waals surface area contributed by atoms with Gasteiger partial charge in [-0.2, -0.15) is 0 Å². The van der Waals surface area contributed by atoms with Crippen LogP contribution in [-0.4, -0.2) is 11.1 Å². The summed E-state index contributed by atoms with van der Waals surface area (Å²) >= 11 is 0. The number of fused-ring (bicyclic) bond motifs is 1. The Balaban J connectivity index is 2.33. The lowest BCUT2D eigenvalue weighted by Gasteiger charge is -2.10. The molecule has 0 amide bonds. The average Bonchev–Trinajstić information content (AvgIpc) is 3.00. The van der Waals surface area contributed by atoms with Gasteiger partial charge in [-0.05, 0) is 30.5 Å². The smallest absolute Gasteiger partial charge is 0.132 e. The predicted octanol–water partition coefficient (Wildman–Crippen LogP) is 2.31. The second-order valence-corrected chi connectivity index (χ2v) is 4.77. The number of halogens is 1. The van der Waals surface area contributed by atoms with Gasteiger partial charge in [0.15, 0.2) is 0 Å². The number of hydrogen-bond donors (Lipinski definition) is 1. The number of benzene rings is 1. The molecule has 1 aromatic carbocycles. The van der Waals surface area contributed by atoms with E-state index in [1.807, 2.05) is 23.9 Å². The monoisotopic (exact) mass is 218 g/mol. The van der Waals surface area contributed by atoms with E-state index in [-0.39, 0.29) is 11.2 Å². The van der Waals surface area contributed by atoms with Crippen molar-refractivity contribution in [2.24, 2.45) is 12.8 Å². The lowest BCUT2D eigenvalue weighted by molar-refractivity contribution is 0.634. The minimum absolute atomic E-state index is 0.0434. The maximum Gasteiger partial charge on any atom is 0.132 e. The lowest BCUT2D eigenvalue weighted by atomic mass is 9.95. The molecule has 16 heavy (non-hydrogen) atoms. The van der Waals surface area contributed by atoms with Gasteiger partial charge in [-0.15, -0.1) is 0 Å². The molecular formula is C13H15FN2. The third kappa shape index (κ3) is 1.15. The van der Waals surface area contributed by atoms with E-state index in [0.717, 1.165) is 29.3 Å². The summed E-state index contributed by atoms with van der Waals surface area (Å²) in [6.45, 7) is 0.612. The first-order chi connectivity index (χ1) is 7.68. The minimum Gasteiger partial charge on any atom is -0.350 e. The van der Waals surface area contributed by atoms with Gasteiger partial charge in [0.1, 0.15) is 5.82 Å². The van der Waals surface area contributed by atoms with Crippen molar-refractivity contribution >= 4 is 10.9 Å². The van der Waals surface area contributed by atoms with E-state index in [1.54, 1.807) is 6.07 Å². The number of aromatic nitrogens is 1. The molecule has 1 saturated carbocycles. The largest absolute Gasteiger partial charge is 0.350 e. The highest BCUT2D eigenvalue weighted by Crippen LogP contribution is 2.50. The summed E-state index contributed by atoms with van der Waals surface area (Å²) in [5.74, 6) is -0.132. The van der Waals surface area contributed by atoms with E-state index >= 15 is 0 Å². The van der Waals surface area contributed by atoms with E-state index in [0.29, 0.717) is 6.54 Å². The van der Waals surface area contributed by atoms with Gasteiger partial charge in [0.05, 0.1) is 5.52 Å². The molecule has 3 heteroatoms. The van der Waals surface area contributed by atoms with Crippen molar-refractivity contribution in [3.05, 3.63) is 35.8 Å². The van der Waals surface area contributed by atoms with Gasteiger partial charge in [0, 0.05) is 30.6 Å². The summed E-state index contributed by atoms with van der Waals surface area (Å²) < 4.78 is 15.9. The quantitative estimate of drug-likeness (QED) is 0.824. The van der Waals surface area contributed by atoms with Crippen molar-refractivity contribution in [3.8, 4) is 0 Å². The lowest BCUT2D eigenvalue weighted by Crippen LogP contribution is -2.19. The Kier molecular flexibility index (Phi) is 1.89. The zero-order chi connectivity index (χ0) is 11.3. The topological polar surface area (TPSA) is 30.9 Å². The molecule has 1 aliphatic rings. The van der Waals surface area contributed by atoms with E-state index in [4.69, 9.17) is 5.73 Å². The normalized spacial score (nSPS) is 17.9. The standard InChI is InChI=1S/C13H15FN2/c1-16-7-9(13(8-15)5-6-13)12-10(14)3-2-4-11(12)16/h2-4,7H,5-6,8,15H2,1H3. The van der Waals surface area contributed by atoms with Crippen LogP contribution in [0.3, 0.4) is 0 Å². The molecule has 0 unspecified atom stereocenters. The van der Waals surface area contributed by atoms with Crippen LogP contribution in [0, 0.1) is 5.82 Å². The number of nitrogens with two attached hydrogens (primary N) is 1. The Bertz CT molecular complexity index is 552. The molecule has 2 nitrogen and oxygen atoms in total. The molecule has 1 heterocycles. The fourth-order valence-electron chi connectivity index (χ4n) is 2.54. The first-order valence-corrected chi connectivity index (χ1v) is 5.62. The van der Waals surface area contributed by atoms with Crippen molar-refractivity contribution in [1.82, 2.24) is 4.57 Å². The molecule has 0 bridgehead atoms. The highest BCUT2D eigenvalue weighted by molar-refractivity contribution is 5.86. The van der Waals surface area contributed by atoms with Crippen LogP contribution in [-0.2, 0) is 12.5 Å². The molecule has 0 atom stereocenters. The summed E-state index contributed by atoms with van der Waals surface area (Å²) in [5.41, 5.74) is 7.90. The SMILES string of the molecule is Cn1cc(C2(CN)CC2)c2c(F)cccc21. The number of aryl methyl sites for hydroxylation is 1. The van der Waals surface area contributed by atoms with Gasteiger partial charge in [-0.1, -0.05) is 6.07 Å². The van der Waals surface area contributed by atoms with Crippen LogP contribution < -0.4 is 5.73 Å². The van der Waals surface area contributed by atoms with Crippen LogP contribution in [0.15, 0.2) is 24.4 Å². The Morgan fingerprint density at radius 3 is 2.81 bits per heavy atom. The summed E-state index contributed by atoms with van der Waals surface area (Å²) in [4.78, 5) is 0. The third-order valence-corrected chi connectivity index (χ3v) is 3.78. The zero-order valence-corrected chi connectivity index (χ0v) is 9.33. The highest BCUT2D eigenvalue weighted by atomic mass is 19.1. The molecule has 0 saturated heterocycles. The first kappa shape index (κ1) is 9.85. The van der Waals surface area contributed by atoms with Gasteiger partial charge in [0.25, 0.3) is 0 Å². The Morgan fingerprint density at radius 1 is 1.44 bits per heavy atom. The zero-order valence-electron chi connectivity index (χ0n) is 9.33. The van der Waals surface area contributed by atoms with Crippen molar-refractivity contribution < 1.29 is 4.39 Å². The van der Waals surface area contributed by atoms with Crippen molar-refractivity contribution in [2.45, 2.75) is 18.3 Å². The molecule has 0 radical (unpaired) electrons. The van der Waals surface area contributed by atoms with E-state index in [9.17, 15) is 4.39 Å². The minimum atomic E-state index is -0.132. The predicted molar refractivity (Wildman–Crippen MR) is 62.8 cm³/mol. The van der Waals surface area contributed by atoms with Crippen molar-refractivity contribution in [3.63, 3.8) is 0 Å². The van der Waals surface area contributed by atoms with Crippen LogP contribution in [0.25, 0.3) is 10.9 Å². The second kappa shape index (κ2) is 3.08. The Labute approximate surface area is 93.9 Å². The fourth-order valence-corrected chi connectivity index (χ4v) is 2.54. The first-order valence-electron chi connectivity index (χ1n) is 5.62. The van der Waals surface area contributed by atoms with E-state index in [1.165, 1.54) is 6.07 Å². The second-order valence-electron chi connectivity index (χ2n) is 4.77. The average molecular weight is 218 g/mol.